The number of anilines is 1. The third-order valence-electron chi connectivity index (χ3n) is 4.52. The first-order chi connectivity index (χ1) is 13.1. The Labute approximate surface area is 160 Å². The Balaban J connectivity index is 1.40. The number of amides is 1. The lowest BCUT2D eigenvalue weighted by atomic mass is 10.2. The Hall–Kier alpha value is -2.80. The minimum atomic E-state index is -0.251. The van der Waals surface area contributed by atoms with Crippen LogP contribution in [0, 0.1) is 5.82 Å². The molecule has 0 bridgehead atoms. The van der Waals surface area contributed by atoms with Gasteiger partial charge in [-0.2, -0.15) is 4.99 Å². The minimum absolute atomic E-state index is 0.165. The number of hydrogen-bond acceptors (Lipinski definition) is 5. The maximum absolute atomic E-state index is 13.1. The number of phenolic OH excluding ortho intramolecular Hbond substituents is 1. The predicted octanol–water partition coefficient (Wildman–Crippen LogP) is 3.32. The maximum Gasteiger partial charge on any atom is 0.286 e. The fourth-order valence-corrected chi connectivity index (χ4v) is 4.07. The molecule has 2 aliphatic rings. The van der Waals surface area contributed by atoms with Gasteiger partial charge in [0.05, 0.1) is 4.91 Å². The smallest absolute Gasteiger partial charge is 0.286 e. The number of amidine groups is 1. The molecule has 2 aromatic carbocycles. The molecule has 5 nitrogen and oxygen atoms in total. The molecule has 27 heavy (non-hydrogen) atoms. The van der Waals surface area contributed by atoms with Crippen LogP contribution in [0.25, 0.3) is 6.08 Å². The van der Waals surface area contributed by atoms with E-state index < -0.39 is 0 Å². The zero-order valence-corrected chi connectivity index (χ0v) is 15.3. The second-order valence-corrected chi connectivity index (χ2v) is 7.36. The molecule has 1 N–H and O–H groups in total. The van der Waals surface area contributed by atoms with E-state index in [2.05, 4.69) is 14.8 Å². The van der Waals surface area contributed by atoms with Crippen LogP contribution >= 0.6 is 11.8 Å². The molecule has 0 atom stereocenters. The summed E-state index contributed by atoms with van der Waals surface area (Å²) in [5, 5.41) is 10.3. The number of benzene rings is 2. The second kappa shape index (κ2) is 7.44. The van der Waals surface area contributed by atoms with E-state index in [0.29, 0.717) is 10.1 Å². The van der Waals surface area contributed by atoms with E-state index >= 15 is 0 Å². The van der Waals surface area contributed by atoms with E-state index in [9.17, 15) is 14.3 Å². The fraction of sp³-hybridized carbons (Fsp3) is 0.200. The van der Waals surface area contributed by atoms with Crippen molar-refractivity contribution >= 4 is 34.6 Å². The largest absolute Gasteiger partial charge is 0.508 e. The van der Waals surface area contributed by atoms with Gasteiger partial charge in [0.15, 0.2) is 5.17 Å². The SMILES string of the molecule is O=C1N=C(N2CCN(c3ccc(F)cc3)CC2)S/C1=C/c1cccc(O)c1. The quantitative estimate of drug-likeness (QED) is 0.807. The van der Waals surface area contributed by atoms with Crippen molar-refractivity contribution in [2.75, 3.05) is 31.1 Å². The van der Waals surface area contributed by atoms with Crippen molar-refractivity contribution in [3.63, 3.8) is 0 Å². The molecule has 2 aliphatic heterocycles. The number of rotatable bonds is 2. The Morgan fingerprint density at radius 1 is 1.04 bits per heavy atom. The summed E-state index contributed by atoms with van der Waals surface area (Å²) in [5.41, 5.74) is 1.76. The van der Waals surface area contributed by atoms with Gasteiger partial charge >= 0.3 is 0 Å². The highest BCUT2D eigenvalue weighted by atomic mass is 32.2. The van der Waals surface area contributed by atoms with Gasteiger partial charge in [-0.15, -0.1) is 0 Å². The Bertz CT molecular complexity index is 919. The molecule has 0 saturated carbocycles. The van der Waals surface area contributed by atoms with Crippen LogP contribution in [0.4, 0.5) is 10.1 Å². The lowest BCUT2D eigenvalue weighted by molar-refractivity contribution is -0.113. The summed E-state index contributed by atoms with van der Waals surface area (Å²) >= 11 is 1.36. The number of nitrogens with zero attached hydrogens (tertiary/aromatic N) is 3. The highest BCUT2D eigenvalue weighted by Crippen LogP contribution is 2.31. The molecule has 0 radical (unpaired) electrons. The molecule has 2 aromatic rings. The van der Waals surface area contributed by atoms with Crippen LogP contribution in [0.5, 0.6) is 5.75 Å². The van der Waals surface area contributed by atoms with Crippen molar-refractivity contribution in [2.45, 2.75) is 0 Å². The zero-order chi connectivity index (χ0) is 18.8. The van der Waals surface area contributed by atoms with Gasteiger partial charge in [-0.1, -0.05) is 12.1 Å². The summed E-state index contributed by atoms with van der Waals surface area (Å²) in [6.45, 7) is 3.06. The second-order valence-electron chi connectivity index (χ2n) is 6.36. The van der Waals surface area contributed by atoms with Crippen molar-refractivity contribution < 1.29 is 14.3 Å². The Morgan fingerprint density at radius 3 is 2.44 bits per heavy atom. The van der Waals surface area contributed by atoms with Gasteiger partial charge in [-0.25, -0.2) is 4.39 Å². The van der Waals surface area contributed by atoms with Crippen LogP contribution < -0.4 is 4.90 Å². The molecule has 0 aliphatic carbocycles. The number of aromatic hydroxyl groups is 1. The standard InChI is InChI=1S/C20H18FN3O2S/c21-15-4-6-16(7-5-15)23-8-10-24(11-9-23)20-22-19(26)18(27-20)13-14-2-1-3-17(25)12-14/h1-7,12-13,25H,8-11H2/b18-13+. The van der Waals surface area contributed by atoms with E-state index in [-0.39, 0.29) is 17.5 Å². The molecule has 1 saturated heterocycles. The molecule has 1 amide bonds. The number of halogens is 1. The summed E-state index contributed by atoms with van der Waals surface area (Å²) in [4.78, 5) is 21.3. The average molecular weight is 383 g/mol. The number of hydrogen-bond donors (Lipinski definition) is 1. The maximum atomic E-state index is 13.1. The van der Waals surface area contributed by atoms with Crippen LogP contribution in [0.3, 0.4) is 0 Å². The van der Waals surface area contributed by atoms with Crippen LogP contribution in [-0.4, -0.2) is 47.3 Å². The van der Waals surface area contributed by atoms with Gasteiger partial charge in [0.25, 0.3) is 5.91 Å². The molecular formula is C20H18FN3O2S. The summed E-state index contributed by atoms with van der Waals surface area (Å²) in [6.07, 6.45) is 1.75. The number of aliphatic imine (C=N–C) groups is 1. The monoisotopic (exact) mass is 383 g/mol. The normalized spacial score (nSPS) is 18.9. The fourth-order valence-electron chi connectivity index (χ4n) is 3.11. The topological polar surface area (TPSA) is 56.1 Å². The van der Waals surface area contributed by atoms with Crippen molar-refractivity contribution in [1.82, 2.24) is 4.90 Å². The van der Waals surface area contributed by atoms with Crippen LogP contribution in [-0.2, 0) is 4.79 Å². The molecule has 138 valence electrons. The molecule has 7 heteroatoms. The first kappa shape index (κ1) is 17.6. The molecule has 0 unspecified atom stereocenters. The van der Waals surface area contributed by atoms with Gasteiger partial charge in [0.2, 0.25) is 0 Å². The van der Waals surface area contributed by atoms with Crippen molar-refractivity contribution in [3.05, 3.63) is 64.8 Å². The number of carbonyl (C=O) groups is 1. The lowest BCUT2D eigenvalue weighted by Gasteiger charge is -2.36. The molecule has 1 fully saturated rings. The highest BCUT2D eigenvalue weighted by molar-refractivity contribution is 8.18. The van der Waals surface area contributed by atoms with Gasteiger partial charge in [0.1, 0.15) is 11.6 Å². The predicted molar refractivity (Wildman–Crippen MR) is 106 cm³/mol. The Kier molecular flexibility index (Phi) is 4.85. The number of thioether (sulfide) groups is 1. The lowest BCUT2D eigenvalue weighted by Crippen LogP contribution is -2.47. The minimum Gasteiger partial charge on any atom is -0.508 e. The Morgan fingerprint density at radius 2 is 1.74 bits per heavy atom. The first-order valence-corrected chi connectivity index (χ1v) is 9.47. The van der Waals surface area contributed by atoms with E-state index in [4.69, 9.17) is 0 Å². The average Bonchev–Trinajstić information content (AvgIpc) is 3.03. The van der Waals surface area contributed by atoms with Gasteiger partial charge < -0.3 is 14.9 Å². The molecule has 2 heterocycles. The first-order valence-electron chi connectivity index (χ1n) is 8.65. The van der Waals surface area contributed by atoms with Crippen molar-refractivity contribution in [3.8, 4) is 5.75 Å². The van der Waals surface area contributed by atoms with Crippen molar-refractivity contribution in [2.24, 2.45) is 4.99 Å². The number of carbonyl (C=O) groups excluding carboxylic acids is 1. The summed E-state index contributed by atoms with van der Waals surface area (Å²) in [7, 11) is 0. The van der Waals surface area contributed by atoms with E-state index in [1.165, 1.54) is 23.9 Å². The zero-order valence-electron chi connectivity index (χ0n) is 14.5. The summed E-state index contributed by atoms with van der Waals surface area (Å²) < 4.78 is 13.1. The molecular weight excluding hydrogens is 365 g/mol. The molecule has 0 spiro atoms. The van der Waals surface area contributed by atoms with Crippen LogP contribution in [0.15, 0.2) is 58.4 Å². The van der Waals surface area contributed by atoms with Gasteiger partial charge in [-0.05, 0) is 59.8 Å². The van der Waals surface area contributed by atoms with Crippen LogP contribution in [0.2, 0.25) is 0 Å². The van der Waals surface area contributed by atoms with Gasteiger partial charge in [0, 0.05) is 31.9 Å². The highest BCUT2D eigenvalue weighted by Gasteiger charge is 2.28. The van der Waals surface area contributed by atoms with E-state index in [1.807, 2.05) is 6.07 Å². The van der Waals surface area contributed by atoms with E-state index in [1.54, 1.807) is 36.4 Å². The molecule has 4 rings (SSSR count). The van der Waals surface area contributed by atoms with E-state index in [0.717, 1.165) is 37.4 Å². The number of phenols is 1. The molecule has 0 aromatic heterocycles. The third kappa shape index (κ3) is 3.98. The summed E-state index contributed by atoms with van der Waals surface area (Å²) in [5.74, 6) is -0.323. The summed E-state index contributed by atoms with van der Waals surface area (Å²) in [6, 6.07) is 13.3. The third-order valence-corrected chi connectivity index (χ3v) is 5.56. The van der Waals surface area contributed by atoms with Crippen molar-refractivity contribution in [1.29, 1.82) is 0 Å². The van der Waals surface area contributed by atoms with Crippen LogP contribution in [0.1, 0.15) is 5.56 Å². The number of piperazine rings is 1. The van der Waals surface area contributed by atoms with Gasteiger partial charge in [-0.3, -0.25) is 4.79 Å².